The molecule has 0 saturated carbocycles. The van der Waals surface area contributed by atoms with Crippen molar-refractivity contribution in [2.75, 3.05) is 5.32 Å². The summed E-state index contributed by atoms with van der Waals surface area (Å²) in [7, 11) is 0. The zero-order valence-corrected chi connectivity index (χ0v) is 14.3. The Hall–Kier alpha value is -3.25. The normalized spacial score (nSPS) is 11.3. The topological polar surface area (TPSA) is 53.6 Å². The Morgan fingerprint density at radius 3 is 2.73 bits per heavy atom. The number of thiophene rings is 1. The lowest BCUT2D eigenvalue weighted by Crippen LogP contribution is -1.94. The van der Waals surface area contributed by atoms with E-state index in [9.17, 15) is 4.39 Å². The van der Waals surface area contributed by atoms with Crippen LogP contribution >= 0.6 is 11.3 Å². The molecule has 2 aromatic carbocycles. The molecule has 126 valence electrons. The average Bonchev–Trinajstić information content (AvgIpc) is 3.29. The van der Waals surface area contributed by atoms with E-state index in [4.69, 9.17) is 0 Å². The lowest BCUT2D eigenvalue weighted by molar-refractivity contribution is 0.628. The fraction of sp³-hybridized carbons (Fsp3) is 0. The van der Waals surface area contributed by atoms with Gasteiger partial charge in [0.1, 0.15) is 12.1 Å². The van der Waals surface area contributed by atoms with Gasteiger partial charge in [0.2, 0.25) is 0 Å². The predicted octanol–water partition coefficient (Wildman–Crippen LogP) is 5.72. The van der Waals surface area contributed by atoms with Crippen molar-refractivity contribution in [2.24, 2.45) is 0 Å². The van der Waals surface area contributed by atoms with Gasteiger partial charge in [0.25, 0.3) is 0 Å². The van der Waals surface area contributed by atoms with Crippen LogP contribution < -0.4 is 5.32 Å². The summed E-state index contributed by atoms with van der Waals surface area (Å²) in [6, 6.07) is 16.7. The molecule has 0 fully saturated rings. The Morgan fingerprint density at radius 1 is 0.962 bits per heavy atom. The molecule has 0 unspecified atom stereocenters. The summed E-state index contributed by atoms with van der Waals surface area (Å²) in [5.41, 5.74) is 3.90. The predicted molar refractivity (Wildman–Crippen MR) is 104 cm³/mol. The van der Waals surface area contributed by atoms with Gasteiger partial charge in [0.15, 0.2) is 5.82 Å². The molecule has 0 aliphatic carbocycles. The first kappa shape index (κ1) is 15.0. The first-order chi connectivity index (χ1) is 12.8. The molecular formula is C20H13FN4S. The van der Waals surface area contributed by atoms with E-state index in [1.807, 2.05) is 30.5 Å². The molecule has 0 bridgehead atoms. The maximum absolute atomic E-state index is 13.2. The quantitative estimate of drug-likeness (QED) is 0.432. The van der Waals surface area contributed by atoms with Crippen LogP contribution in [0.25, 0.3) is 31.6 Å². The lowest BCUT2D eigenvalue weighted by atomic mass is 10.2. The second kappa shape index (κ2) is 5.93. The maximum atomic E-state index is 13.2. The van der Waals surface area contributed by atoms with Crippen LogP contribution in [0.1, 0.15) is 0 Å². The van der Waals surface area contributed by atoms with Crippen molar-refractivity contribution in [3.8, 4) is 10.4 Å². The largest absolute Gasteiger partial charge is 0.361 e. The van der Waals surface area contributed by atoms with Gasteiger partial charge in [-0.3, -0.25) is 0 Å². The van der Waals surface area contributed by atoms with Crippen molar-refractivity contribution in [1.82, 2.24) is 15.0 Å². The number of halogens is 1. The highest BCUT2D eigenvalue weighted by Gasteiger charge is 2.11. The Labute approximate surface area is 152 Å². The summed E-state index contributed by atoms with van der Waals surface area (Å²) in [6.45, 7) is 0. The van der Waals surface area contributed by atoms with Crippen molar-refractivity contribution >= 4 is 44.0 Å². The van der Waals surface area contributed by atoms with Gasteiger partial charge in [-0.15, -0.1) is 11.3 Å². The number of nitrogens with zero attached hydrogens (tertiary/aromatic N) is 2. The minimum Gasteiger partial charge on any atom is -0.361 e. The number of benzene rings is 2. The van der Waals surface area contributed by atoms with E-state index in [0.717, 1.165) is 43.1 Å². The fourth-order valence-corrected chi connectivity index (χ4v) is 4.03. The van der Waals surface area contributed by atoms with Crippen molar-refractivity contribution < 1.29 is 4.39 Å². The zero-order valence-electron chi connectivity index (χ0n) is 13.5. The molecular weight excluding hydrogens is 347 g/mol. The molecule has 0 amide bonds. The van der Waals surface area contributed by atoms with Crippen molar-refractivity contribution in [3.05, 3.63) is 72.9 Å². The molecule has 4 nitrogen and oxygen atoms in total. The van der Waals surface area contributed by atoms with Crippen molar-refractivity contribution in [3.63, 3.8) is 0 Å². The molecule has 26 heavy (non-hydrogen) atoms. The van der Waals surface area contributed by atoms with Crippen LogP contribution in [0.2, 0.25) is 0 Å². The maximum Gasteiger partial charge on any atom is 0.151 e. The molecule has 5 aromatic rings. The molecule has 0 atom stereocenters. The first-order valence-electron chi connectivity index (χ1n) is 8.11. The number of aromatic amines is 1. The van der Waals surface area contributed by atoms with Gasteiger partial charge >= 0.3 is 0 Å². The molecule has 6 heteroatoms. The third-order valence-corrected chi connectivity index (χ3v) is 5.44. The zero-order chi connectivity index (χ0) is 17.5. The standard InChI is InChI=1S/C20H13FN4S/c21-14-3-1-12(2-4-14)18-10-17-19(26-18)20(24-11-23-17)25-15-5-6-16-13(9-15)7-8-22-16/h1-11,22H,(H,23,24,25). The monoisotopic (exact) mass is 360 g/mol. The summed E-state index contributed by atoms with van der Waals surface area (Å²) in [4.78, 5) is 13.0. The van der Waals surface area contributed by atoms with Gasteiger partial charge in [-0.2, -0.15) is 0 Å². The van der Waals surface area contributed by atoms with E-state index < -0.39 is 0 Å². The second-order valence-corrected chi connectivity index (χ2v) is 7.01. The SMILES string of the molecule is Fc1ccc(-c2cc3ncnc(Nc4ccc5[nH]ccc5c4)c3s2)cc1. The highest BCUT2D eigenvalue weighted by Crippen LogP contribution is 2.36. The number of hydrogen-bond acceptors (Lipinski definition) is 4. The molecule has 0 radical (unpaired) electrons. The molecule has 2 N–H and O–H groups in total. The van der Waals surface area contributed by atoms with Gasteiger partial charge in [-0.1, -0.05) is 12.1 Å². The summed E-state index contributed by atoms with van der Waals surface area (Å²) >= 11 is 1.59. The van der Waals surface area contributed by atoms with Gasteiger partial charge in [0.05, 0.1) is 10.2 Å². The number of nitrogens with one attached hydrogen (secondary N) is 2. The lowest BCUT2D eigenvalue weighted by Gasteiger charge is -2.06. The van der Waals surface area contributed by atoms with Gasteiger partial charge in [0, 0.05) is 27.7 Å². The molecule has 0 aliphatic heterocycles. The average molecular weight is 360 g/mol. The molecule has 3 aromatic heterocycles. The molecule has 0 aliphatic rings. The highest BCUT2D eigenvalue weighted by atomic mass is 32.1. The Kier molecular flexibility index (Phi) is 3.43. The third kappa shape index (κ3) is 2.60. The number of hydrogen-bond donors (Lipinski definition) is 2. The highest BCUT2D eigenvalue weighted by molar-refractivity contribution is 7.22. The van der Waals surface area contributed by atoms with Crippen molar-refractivity contribution in [2.45, 2.75) is 0 Å². The van der Waals surface area contributed by atoms with Crippen molar-refractivity contribution in [1.29, 1.82) is 0 Å². The molecule has 0 saturated heterocycles. The number of rotatable bonds is 3. The number of anilines is 2. The van der Waals surface area contributed by atoms with Gasteiger partial charge < -0.3 is 10.3 Å². The van der Waals surface area contributed by atoms with E-state index >= 15 is 0 Å². The second-order valence-electron chi connectivity index (χ2n) is 5.96. The van der Waals surface area contributed by atoms with E-state index in [2.05, 4.69) is 26.3 Å². The smallest absolute Gasteiger partial charge is 0.151 e. The van der Waals surface area contributed by atoms with Gasteiger partial charge in [-0.05, 0) is 48.0 Å². The van der Waals surface area contributed by atoms with Crippen LogP contribution in [-0.2, 0) is 0 Å². The molecule has 0 spiro atoms. The number of fused-ring (bicyclic) bond motifs is 2. The summed E-state index contributed by atoms with van der Waals surface area (Å²) in [6.07, 6.45) is 3.48. The Balaban J connectivity index is 1.56. The Bertz CT molecular complexity index is 1220. The fourth-order valence-electron chi connectivity index (χ4n) is 2.97. The van der Waals surface area contributed by atoms with Crippen LogP contribution in [0.5, 0.6) is 0 Å². The van der Waals surface area contributed by atoms with E-state index in [-0.39, 0.29) is 5.82 Å². The summed E-state index contributed by atoms with van der Waals surface area (Å²) in [5, 5.41) is 4.53. The van der Waals surface area contributed by atoms with Crippen LogP contribution in [0, 0.1) is 5.82 Å². The minimum atomic E-state index is -0.239. The van der Waals surface area contributed by atoms with Crippen LogP contribution in [0.15, 0.2) is 67.1 Å². The van der Waals surface area contributed by atoms with Crippen LogP contribution in [0.4, 0.5) is 15.9 Å². The summed E-state index contributed by atoms with van der Waals surface area (Å²) in [5.74, 6) is 0.528. The van der Waals surface area contributed by atoms with E-state index in [1.54, 1.807) is 29.8 Å². The molecule has 3 heterocycles. The molecule has 5 rings (SSSR count). The Morgan fingerprint density at radius 2 is 1.85 bits per heavy atom. The minimum absolute atomic E-state index is 0.239. The first-order valence-corrected chi connectivity index (χ1v) is 8.92. The van der Waals surface area contributed by atoms with Crippen LogP contribution in [0.3, 0.4) is 0 Å². The summed E-state index contributed by atoms with van der Waals surface area (Å²) < 4.78 is 14.1. The van der Waals surface area contributed by atoms with Crippen LogP contribution in [-0.4, -0.2) is 15.0 Å². The van der Waals surface area contributed by atoms with Gasteiger partial charge in [-0.25, -0.2) is 14.4 Å². The van der Waals surface area contributed by atoms with E-state index in [1.165, 1.54) is 12.1 Å². The number of H-pyrrole nitrogens is 1. The third-order valence-electron chi connectivity index (χ3n) is 4.26. The van der Waals surface area contributed by atoms with E-state index in [0.29, 0.717) is 0 Å². The number of aromatic nitrogens is 3.